The van der Waals surface area contributed by atoms with E-state index < -0.39 is 0 Å². The second-order valence-corrected chi connectivity index (χ2v) is 7.39. The molecule has 0 aliphatic heterocycles. The molecule has 0 saturated heterocycles. The number of hydrogen-bond donors (Lipinski definition) is 0. The average Bonchev–Trinajstić information content (AvgIpc) is 2.96. The Labute approximate surface area is 152 Å². The van der Waals surface area contributed by atoms with E-state index in [2.05, 4.69) is 45.5 Å². The van der Waals surface area contributed by atoms with Gasteiger partial charge in [0, 0.05) is 31.0 Å². The molecule has 2 aromatic heterocycles. The molecule has 1 aliphatic rings. The van der Waals surface area contributed by atoms with Crippen LogP contribution < -0.4 is 0 Å². The van der Waals surface area contributed by atoms with E-state index in [0.29, 0.717) is 5.15 Å². The molecule has 0 radical (unpaired) electrons. The fraction of sp³-hybridized carbons (Fsp3) is 0.350. The van der Waals surface area contributed by atoms with E-state index in [4.69, 9.17) is 11.6 Å². The highest BCUT2D eigenvalue weighted by Crippen LogP contribution is 2.46. The number of benzene rings is 1. The minimum absolute atomic E-state index is 0.110. The fourth-order valence-corrected chi connectivity index (χ4v) is 3.92. The van der Waals surface area contributed by atoms with E-state index in [9.17, 15) is 0 Å². The maximum atomic E-state index is 6.37. The van der Waals surface area contributed by atoms with E-state index in [0.717, 1.165) is 37.2 Å². The lowest BCUT2D eigenvalue weighted by molar-refractivity contribution is 0.235. The van der Waals surface area contributed by atoms with Gasteiger partial charge in [0.2, 0.25) is 0 Å². The molecule has 25 heavy (non-hydrogen) atoms. The molecule has 0 N–H and O–H groups in total. The lowest BCUT2D eigenvalue weighted by Gasteiger charge is -2.42. The summed E-state index contributed by atoms with van der Waals surface area (Å²) in [4.78, 5) is 4.55. The predicted octanol–water partition coefficient (Wildman–Crippen LogP) is 4.12. The lowest BCUT2D eigenvalue weighted by atomic mass is 9.62. The molecule has 128 valence electrons. The van der Waals surface area contributed by atoms with E-state index in [1.165, 1.54) is 17.5 Å². The van der Waals surface area contributed by atoms with E-state index in [1.807, 2.05) is 23.7 Å². The van der Waals surface area contributed by atoms with Crippen molar-refractivity contribution in [3.63, 3.8) is 0 Å². The molecule has 5 heteroatoms. The van der Waals surface area contributed by atoms with Crippen LogP contribution >= 0.6 is 11.6 Å². The summed E-state index contributed by atoms with van der Waals surface area (Å²) in [5, 5.41) is 8.89. The first-order chi connectivity index (χ1) is 12.1. The van der Waals surface area contributed by atoms with Gasteiger partial charge in [-0.05, 0) is 36.1 Å². The highest BCUT2D eigenvalue weighted by molar-refractivity contribution is 6.29. The number of aromatic nitrogens is 4. The van der Waals surface area contributed by atoms with Gasteiger partial charge in [0.05, 0.1) is 0 Å². The molecular formula is C20H21ClN4. The lowest BCUT2D eigenvalue weighted by Crippen LogP contribution is -2.37. The van der Waals surface area contributed by atoms with Gasteiger partial charge in [0.15, 0.2) is 0 Å². The first kappa shape index (κ1) is 16.3. The second kappa shape index (κ2) is 6.60. The molecule has 1 aliphatic carbocycles. The van der Waals surface area contributed by atoms with Gasteiger partial charge in [-0.1, -0.05) is 48.4 Å². The third-order valence-electron chi connectivity index (χ3n) is 5.30. The zero-order valence-electron chi connectivity index (χ0n) is 14.3. The maximum absolute atomic E-state index is 6.37. The number of nitrogens with zero attached hydrogens (tertiary/aromatic N) is 4. The van der Waals surface area contributed by atoms with Crippen LogP contribution in [0, 0.1) is 0 Å². The molecule has 0 atom stereocenters. The van der Waals surface area contributed by atoms with Gasteiger partial charge in [-0.15, -0.1) is 10.2 Å². The monoisotopic (exact) mass is 352 g/mol. The van der Waals surface area contributed by atoms with Gasteiger partial charge in [-0.25, -0.2) is 4.98 Å². The van der Waals surface area contributed by atoms with Crippen molar-refractivity contribution < 1.29 is 0 Å². The third kappa shape index (κ3) is 3.31. The van der Waals surface area contributed by atoms with Crippen molar-refractivity contribution in [1.82, 2.24) is 19.7 Å². The van der Waals surface area contributed by atoms with Crippen LogP contribution in [0.15, 0.2) is 48.8 Å². The first-order valence-electron chi connectivity index (χ1n) is 8.68. The van der Waals surface area contributed by atoms with Crippen molar-refractivity contribution in [3.05, 3.63) is 76.6 Å². The van der Waals surface area contributed by atoms with Gasteiger partial charge < -0.3 is 4.57 Å². The molecule has 0 bridgehead atoms. The molecular weight excluding hydrogens is 332 g/mol. The van der Waals surface area contributed by atoms with Crippen LogP contribution in [0.25, 0.3) is 0 Å². The Morgan fingerprint density at radius 2 is 1.96 bits per heavy atom. The second-order valence-electron chi connectivity index (χ2n) is 7.00. The Kier molecular flexibility index (Phi) is 4.30. The van der Waals surface area contributed by atoms with Crippen molar-refractivity contribution in [2.45, 2.75) is 37.5 Å². The van der Waals surface area contributed by atoms with Crippen LogP contribution in [-0.4, -0.2) is 19.7 Å². The van der Waals surface area contributed by atoms with Gasteiger partial charge in [-0.2, -0.15) is 0 Å². The summed E-state index contributed by atoms with van der Waals surface area (Å²) in [6.07, 6.45) is 7.02. The van der Waals surface area contributed by atoms with Crippen LogP contribution in [0.1, 0.15) is 41.9 Å². The molecule has 4 rings (SSSR count). The molecule has 1 aromatic carbocycles. The smallest absolute Gasteiger partial charge is 0.133 e. The minimum atomic E-state index is 0.110. The van der Waals surface area contributed by atoms with Crippen molar-refractivity contribution in [2.24, 2.45) is 7.05 Å². The van der Waals surface area contributed by atoms with Crippen LogP contribution in [0.5, 0.6) is 0 Å². The zero-order chi connectivity index (χ0) is 17.3. The SMILES string of the molecule is Cn1cnnc1CC1(c2cc(Cl)nc(Cc3ccccc3)c2)CCC1. The van der Waals surface area contributed by atoms with E-state index in [1.54, 1.807) is 6.33 Å². The third-order valence-corrected chi connectivity index (χ3v) is 5.49. The highest BCUT2D eigenvalue weighted by atomic mass is 35.5. The quantitative estimate of drug-likeness (QED) is 0.649. The maximum Gasteiger partial charge on any atom is 0.133 e. The van der Waals surface area contributed by atoms with Gasteiger partial charge >= 0.3 is 0 Å². The zero-order valence-corrected chi connectivity index (χ0v) is 15.1. The Bertz CT molecular complexity index is 868. The molecule has 0 amide bonds. The summed E-state index contributed by atoms with van der Waals surface area (Å²) < 4.78 is 2.01. The fourth-order valence-electron chi connectivity index (χ4n) is 3.69. The topological polar surface area (TPSA) is 43.6 Å². The molecule has 2 heterocycles. The summed E-state index contributed by atoms with van der Waals surface area (Å²) in [7, 11) is 2.00. The Hall–Kier alpha value is -2.20. The molecule has 0 spiro atoms. The number of rotatable bonds is 5. The molecule has 1 fully saturated rings. The summed E-state index contributed by atoms with van der Waals surface area (Å²) in [5.74, 6) is 1.03. The molecule has 4 nitrogen and oxygen atoms in total. The van der Waals surface area contributed by atoms with Gasteiger partial charge in [-0.3, -0.25) is 0 Å². The Morgan fingerprint density at radius 3 is 2.60 bits per heavy atom. The summed E-state index contributed by atoms with van der Waals surface area (Å²) in [6, 6.07) is 14.7. The van der Waals surface area contributed by atoms with Gasteiger partial charge in [0.25, 0.3) is 0 Å². The minimum Gasteiger partial charge on any atom is -0.321 e. The van der Waals surface area contributed by atoms with E-state index >= 15 is 0 Å². The van der Waals surface area contributed by atoms with Crippen LogP contribution in [0.2, 0.25) is 5.15 Å². The normalized spacial score (nSPS) is 15.8. The standard InChI is InChI=1S/C20H21ClN4/c1-25-14-22-24-19(25)13-20(8-5-9-20)16-11-17(23-18(21)12-16)10-15-6-3-2-4-7-15/h2-4,6-7,11-12,14H,5,8-10,13H2,1H3. The number of pyridine rings is 1. The molecule has 0 unspecified atom stereocenters. The first-order valence-corrected chi connectivity index (χ1v) is 9.06. The summed E-state index contributed by atoms with van der Waals surface area (Å²) >= 11 is 6.37. The van der Waals surface area contributed by atoms with Crippen molar-refractivity contribution in [3.8, 4) is 0 Å². The summed E-state index contributed by atoms with van der Waals surface area (Å²) in [6.45, 7) is 0. The van der Waals surface area contributed by atoms with E-state index in [-0.39, 0.29) is 5.41 Å². The summed E-state index contributed by atoms with van der Waals surface area (Å²) in [5.41, 5.74) is 3.67. The van der Waals surface area contributed by atoms with Crippen molar-refractivity contribution in [1.29, 1.82) is 0 Å². The van der Waals surface area contributed by atoms with Gasteiger partial charge in [0.1, 0.15) is 17.3 Å². The average molecular weight is 353 g/mol. The number of aryl methyl sites for hydroxylation is 1. The van der Waals surface area contributed by atoms with Crippen LogP contribution in [0.3, 0.4) is 0 Å². The number of halogens is 1. The van der Waals surface area contributed by atoms with Crippen molar-refractivity contribution in [2.75, 3.05) is 0 Å². The molecule has 1 saturated carbocycles. The Balaban J connectivity index is 1.65. The predicted molar refractivity (Wildman–Crippen MR) is 98.7 cm³/mol. The Morgan fingerprint density at radius 1 is 1.16 bits per heavy atom. The van der Waals surface area contributed by atoms with Crippen molar-refractivity contribution >= 4 is 11.6 Å². The largest absolute Gasteiger partial charge is 0.321 e. The van der Waals surface area contributed by atoms with Crippen LogP contribution in [0.4, 0.5) is 0 Å². The van der Waals surface area contributed by atoms with Crippen LogP contribution in [-0.2, 0) is 25.3 Å². The molecule has 3 aromatic rings. The highest BCUT2D eigenvalue weighted by Gasteiger charge is 2.40. The number of hydrogen-bond acceptors (Lipinski definition) is 3.